The third-order valence-corrected chi connectivity index (χ3v) is 4.23. The SMILES string of the molecule is CC(C)CN1CCOC(CNC(=O)Cn2cc([N+](=O)[O-])cc(C(N)=O)c2=O)C1. The summed E-state index contributed by atoms with van der Waals surface area (Å²) in [6.07, 6.45) is 0.731. The van der Waals surface area contributed by atoms with Crippen molar-refractivity contribution in [3.8, 4) is 0 Å². The molecule has 1 aliphatic rings. The number of morpholine rings is 1. The van der Waals surface area contributed by atoms with E-state index in [2.05, 4.69) is 24.1 Å². The first kappa shape index (κ1) is 21.5. The zero-order valence-electron chi connectivity index (χ0n) is 15.9. The van der Waals surface area contributed by atoms with Gasteiger partial charge in [-0.15, -0.1) is 0 Å². The summed E-state index contributed by atoms with van der Waals surface area (Å²) in [5.74, 6) is -1.10. The summed E-state index contributed by atoms with van der Waals surface area (Å²) in [4.78, 5) is 48.2. The molecule has 11 nitrogen and oxygen atoms in total. The Kier molecular flexibility index (Phi) is 7.24. The second-order valence-corrected chi connectivity index (χ2v) is 7.12. The van der Waals surface area contributed by atoms with Crippen LogP contribution >= 0.6 is 0 Å². The quantitative estimate of drug-likeness (QED) is 0.438. The number of nitrogens with two attached hydrogens (primary N) is 1. The Morgan fingerprint density at radius 1 is 1.46 bits per heavy atom. The predicted molar refractivity (Wildman–Crippen MR) is 99.9 cm³/mol. The van der Waals surface area contributed by atoms with E-state index in [1.165, 1.54) is 0 Å². The smallest absolute Gasteiger partial charge is 0.286 e. The van der Waals surface area contributed by atoms with Crippen molar-refractivity contribution in [2.24, 2.45) is 11.7 Å². The molecule has 154 valence electrons. The van der Waals surface area contributed by atoms with Crippen molar-refractivity contribution in [1.82, 2.24) is 14.8 Å². The largest absolute Gasteiger partial charge is 0.374 e. The second kappa shape index (κ2) is 9.42. The van der Waals surface area contributed by atoms with Crippen molar-refractivity contribution in [2.45, 2.75) is 26.5 Å². The van der Waals surface area contributed by atoms with Crippen molar-refractivity contribution in [1.29, 1.82) is 0 Å². The van der Waals surface area contributed by atoms with Crippen LogP contribution in [-0.2, 0) is 16.1 Å². The first-order valence-electron chi connectivity index (χ1n) is 8.96. The maximum absolute atomic E-state index is 12.2. The average Bonchev–Trinajstić information content (AvgIpc) is 2.61. The highest BCUT2D eigenvalue weighted by Crippen LogP contribution is 2.10. The molecule has 2 heterocycles. The molecule has 0 aromatic carbocycles. The van der Waals surface area contributed by atoms with Crippen LogP contribution in [0.5, 0.6) is 0 Å². The van der Waals surface area contributed by atoms with E-state index in [0.717, 1.165) is 29.9 Å². The van der Waals surface area contributed by atoms with Crippen molar-refractivity contribution in [2.75, 3.05) is 32.8 Å². The Hall–Kier alpha value is -2.79. The summed E-state index contributed by atoms with van der Waals surface area (Å²) in [6, 6.07) is 0.804. The number of primary amides is 1. The fourth-order valence-corrected chi connectivity index (χ4v) is 3.04. The molecule has 1 fully saturated rings. The molecule has 1 aliphatic heterocycles. The van der Waals surface area contributed by atoms with Gasteiger partial charge < -0.3 is 15.8 Å². The van der Waals surface area contributed by atoms with Crippen LogP contribution in [0.2, 0.25) is 0 Å². The first-order chi connectivity index (χ1) is 13.2. The van der Waals surface area contributed by atoms with Gasteiger partial charge in [-0.25, -0.2) is 0 Å². The molecule has 2 amide bonds. The summed E-state index contributed by atoms with van der Waals surface area (Å²) < 4.78 is 6.45. The van der Waals surface area contributed by atoms with Gasteiger partial charge in [-0.3, -0.25) is 34.0 Å². The van der Waals surface area contributed by atoms with Crippen LogP contribution in [0.3, 0.4) is 0 Å². The fraction of sp³-hybridized carbons (Fsp3) is 0.588. The number of nitro groups is 1. The van der Waals surface area contributed by atoms with Gasteiger partial charge in [0.25, 0.3) is 17.2 Å². The van der Waals surface area contributed by atoms with Crippen molar-refractivity contribution in [3.05, 3.63) is 38.3 Å². The third-order valence-electron chi connectivity index (χ3n) is 4.23. The standard InChI is InChI=1S/C17H25N5O6/c1-11(2)7-20-3-4-28-13(9-20)6-19-15(23)10-21-8-12(22(26)27)5-14(16(18)24)17(21)25/h5,8,11,13H,3-4,6-7,9-10H2,1-2H3,(H2,18,24)(H,19,23). The number of nitrogens with zero attached hydrogens (tertiary/aromatic N) is 3. The van der Waals surface area contributed by atoms with E-state index in [1.807, 2.05) is 0 Å². The summed E-state index contributed by atoms with van der Waals surface area (Å²) in [5, 5.41) is 13.6. The summed E-state index contributed by atoms with van der Waals surface area (Å²) in [6.45, 7) is 7.06. The van der Waals surface area contributed by atoms with Crippen LogP contribution in [0.4, 0.5) is 5.69 Å². The fourth-order valence-electron chi connectivity index (χ4n) is 3.04. The molecule has 2 rings (SSSR count). The number of nitrogens with one attached hydrogen (secondary N) is 1. The highest BCUT2D eigenvalue weighted by molar-refractivity contribution is 5.93. The van der Waals surface area contributed by atoms with E-state index in [9.17, 15) is 24.5 Å². The molecule has 1 atom stereocenters. The van der Waals surface area contributed by atoms with Gasteiger partial charge in [-0.05, 0) is 5.92 Å². The molecule has 1 unspecified atom stereocenters. The Labute approximate surface area is 161 Å². The number of hydrogen-bond acceptors (Lipinski definition) is 7. The van der Waals surface area contributed by atoms with Gasteiger partial charge >= 0.3 is 0 Å². The molecule has 1 aromatic heterocycles. The van der Waals surface area contributed by atoms with E-state index >= 15 is 0 Å². The molecule has 1 saturated heterocycles. The number of aromatic nitrogens is 1. The zero-order chi connectivity index (χ0) is 20.8. The average molecular weight is 395 g/mol. The maximum Gasteiger partial charge on any atom is 0.286 e. The van der Waals surface area contributed by atoms with E-state index in [1.54, 1.807) is 0 Å². The topological polar surface area (TPSA) is 150 Å². The molecule has 0 aliphatic carbocycles. The van der Waals surface area contributed by atoms with Gasteiger partial charge in [-0.1, -0.05) is 13.8 Å². The van der Waals surface area contributed by atoms with Gasteiger partial charge in [0.2, 0.25) is 5.91 Å². The normalized spacial score (nSPS) is 17.5. The number of carbonyl (C=O) groups is 2. The Morgan fingerprint density at radius 3 is 2.79 bits per heavy atom. The second-order valence-electron chi connectivity index (χ2n) is 7.12. The van der Waals surface area contributed by atoms with Crippen molar-refractivity contribution in [3.63, 3.8) is 0 Å². The van der Waals surface area contributed by atoms with Gasteiger partial charge in [0, 0.05) is 32.2 Å². The molecule has 0 radical (unpaired) electrons. The zero-order valence-corrected chi connectivity index (χ0v) is 15.9. The van der Waals surface area contributed by atoms with Crippen LogP contribution in [0.1, 0.15) is 24.2 Å². The molecule has 0 bridgehead atoms. The lowest BCUT2D eigenvalue weighted by atomic mass is 10.2. The molecular formula is C17H25N5O6. The van der Waals surface area contributed by atoms with Crippen molar-refractivity contribution < 1.29 is 19.2 Å². The first-order valence-corrected chi connectivity index (χ1v) is 8.96. The molecule has 3 N–H and O–H groups in total. The highest BCUT2D eigenvalue weighted by Gasteiger charge is 2.22. The molecule has 28 heavy (non-hydrogen) atoms. The van der Waals surface area contributed by atoms with E-state index < -0.39 is 40.1 Å². The summed E-state index contributed by atoms with van der Waals surface area (Å²) in [7, 11) is 0. The monoisotopic (exact) mass is 395 g/mol. The molecular weight excluding hydrogens is 370 g/mol. The van der Waals surface area contributed by atoms with Crippen LogP contribution in [0, 0.1) is 16.0 Å². The number of pyridine rings is 1. The molecule has 0 spiro atoms. The minimum atomic E-state index is -1.09. The Bertz CT molecular complexity index is 806. The number of carbonyl (C=O) groups excluding carboxylic acids is 2. The lowest BCUT2D eigenvalue weighted by molar-refractivity contribution is -0.385. The predicted octanol–water partition coefficient (Wildman–Crippen LogP) is -0.672. The summed E-state index contributed by atoms with van der Waals surface area (Å²) >= 11 is 0. The van der Waals surface area contributed by atoms with Crippen LogP contribution in [0.25, 0.3) is 0 Å². The van der Waals surface area contributed by atoms with Crippen LogP contribution in [0.15, 0.2) is 17.1 Å². The van der Waals surface area contributed by atoms with Crippen molar-refractivity contribution >= 4 is 17.5 Å². The number of rotatable bonds is 8. The summed E-state index contributed by atoms with van der Waals surface area (Å²) in [5.41, 5.74) is 3.20. The highest BCUT2D eigenvalue weighted by atomic mass is 16.6. The Morgan fingerprint density at radius 2 is 2.18 bits per heavy atom. The molecule has 11 heteroatoms. The van der Waals surface area contributed by atoms with Gasteiger partial charge in [0.05, 0.1) is 23.8 Å². The Balaban J connectivity index is 2.00. The third kappa shape index (κ3) is 5.86. The lowest BCUT2D eigenvalue weighted by Crippen LogP contribution is -2.49. The number of amides is 2. The lowest BCUT2D eigenvalue weighted by Gasteiger charge is -2.33. The van der Waals surface area contributed by atoms with E-state index in [0.29, 0.717) is 19.1 Å². The van der Waals surface area contributed by atoms with Gasteiger partial charge in [-0.2, -0.15) is 0 Å². The minimum absolute atomic E-state index is 0.181. The number of ether oxygens (including phenoxy) is 1. The van der Waals surface area contributed by atoms with Crippen LogP contribution in [-0.4, -0.2) is 65.1 Å². The van der Waals surface area contributed by atoms with Crippen LogP contribution < -0.4 is 16.6 Å². The number of hydrogen-bond donors (Lipinski definition) is 2. The molecule has 0 saturated carbocycles. The molecule has 1 aromatic rings. The van der Waals surface area contributed by atoms with E-state index in [-0.39, 0.29) is 12.6 Å². The van der Waals surface area contributed by atoms with E-state index in [4.69, 9.17) is 10.5 Å². The minimum Gasteiger partial charge on any atom is -0.374 e. The van der Waals surface area contributed by atoms with Gasteiger partial charge in [0.15, 0.2) is 0 Å². The van der Waals surface area contributed by atoms with Gasteiger partial charge in [0.1, 0.15) is 12.1 Å². The maximum atomic E-state index is 12.2.